The maximum atomic E-state index is 10.7. The van der Waals surface area contributed by atoms with E-state index < -0.39 is 5.97 Å². The summed E-state index contributed by atoms with van der Waals surface area (Å²) in [5.74, 6) is 0.829. The summed E-state index contributed by atoms with van der Waals surface area (Å²) in [6.45, 7) is 4.14. The molecule has 0 radical (unpaired) electrons. The molecule has 1 saturated heterocycles. The van der Waals surface area contributed by atoms with Crippen molar-refractivity contribution in [3.63, 3.8) is 0 Å². The predicted molar refractivity (Wildman–Crippen MR) is 46.8 cm³/mol. The van der Waals surface area contributed by atoms with Gasteiger partial charge in [-0.25, -0.2) is 0 Å². The monoisotopic (exact) mass is 174 g/mol. The molecule has 0 saturated carbocycles. The van der Waals surface area contributed by atoms with Crippen molar-refractivity contribution in [2.24, 2.45) is 11.8 Å². The SMILES string of the molecule is CC(C)C[C@H](C(=O)O)[C@H]1CS1. The van der Waals surface area contributed by atoms with Crippen LogP contribution in [0.3, 0.4) is 0 Å². The highest BCUT2D eigenvalue weighted by Gasteiger charge is 2.37. The Bertz CT molecular complexity index is 152. The van der Waals surface area contributed by atoms with Crippen molar-refractivity contribution in [2.75, 3.05) is 5.75 Å². The number of hydrogen-bond acceptors (Lipinski definition) is 2. The Balaban J connectivity index is 2.38. The van der Waals surface area contributed by atoms with Crippen LogP contribution in [0.1, 0.15) is 20.3 Å². The summed E-state index contributed by atoms with van der Waals surface area (Å²) in [4.78, 5) is 10.7. The standard InChI is InChI=1S/C8H14O2S/c1-5(2)3-6(8(9)10)7-4-11-7/h5-7H,3-4H2,1-2H3,(H,9,10)/t6-,7+/m0/s1. The topological polar surface area (TPSA) is 37.3 Å². The predicted octanol–water partition coefficient (Wildman–Crippen LogP) is 1.85. The Morgan fingerprint density at radius 2 is 2.27 bits per heavy atom. The number of rotatable bonds is 4. The molecule has 0 aromatic rings. The van der Waals surface area contributed by atoms with Crippen LogP contribution in [0.15, 0.2) is 0 Å². The van der Waals surface area contributed by atoms with Crippen molar-refractivity contribution in [3.8, 4) is 0 Å². The molecular formula is C8H14O2S. The molecule has 1 N–H and O–H groups in total. The van der Waals surface area contributed by atoms with Crippen LogP contribution in [0.4, 0.5) is 0 Å². The van der Waals surface area contributed by atoms with E-state index in [1.54, 1.807) is 11.8 Å². The minimum absolute atomic E-state index is 0.0972. The van der Waals surface area contributed by atoms with Gasteiger partial charge in [-0.05, 0) is 12.3 Å². The molecular weight excluding hydrogens is 160 g/mol. The van der Waals surface area contributed by atoms with E-state index in [1.165, 1.54) is 0 Å². The van der Waals surface area contributed by atoms with Gasteiger partial charge in [0, 0.05) is 11.0 Å². The van der Waals surface area contributed by atoms with Gasteiger partial charge in [0.25, 0.3) is 0 Å². The fourth-order valence-electron chi connectivity index (χ4n) is 1.21. The molecule has 3 heteroatoms. The van der Waals surface area contributed by atoms with E-state index in [2.05, 4.69) is 13.8 Å². The lowest BCUT2D eigenvalue weighted by molar-refractivity contribution is -0.141. The molecule has 2 nitrogen and oxygen atoms in total. The molecule has 11 heavy (non-hydrogen) atoms. The van der Waals surface area contributed by atoms with E-state index in [-0.39, 0.29) is 5.92 Å². The van der Waals surface area contributed by atoms with Crippen molar-refractivity contribution in [3.05, 3.63) is 0 Å². The second-order valence-corrected chi connectivity index (χ2v) is 4.72. The molecule has 2 atom stereocenters. The average molecular weight is 174 g/mol. The normalized spacial score (nSPS) is 25.2. The molecule has 0 aromatic carbocycles. The first-order valence-electron chi connectivity index (χ1n) is 3.95. The minimum atomic E-state index is -0.617. The van der Waals surface area contributed by atoms with Crippen LogP contribution < -0.4 is 0 Å². The van der Waals surface area contributed by atoms with Crippen LogP contribution in [0.25, 0.3) is 0 Å². The van der Waals surface area contributed by atoms with Gasteiger partial charge in [0.05, 0.1) is 5.92 Å². The number of thioether (sulfide) groups is 1. The first kappa shape index (κ1) is 8.91. The zero-order valence-corrected chi connectivity index (χ0v) is 7.73. The van der Waals surface area contributed by atoms with Gasteiger partial charge in [-0.2, -0.15) is 11.8 Å². The Morgan fingerprint density at radius 3 is 2.55 bits per heavy atom. The summed E-state index contributed by atoms with van der Waals surface area (Å²) in [6.07, 6.45) is 0.826. The number of carbonyl (C=O) groups is 1. The average Bonchev–Trinajstić information content (AvgIpc) is 2.63. The van der Waals surface area contributed by atoms with Gasteiger partial charge in [-0.3, -0.25) is 4.79 Å². The molecule has 0 amide bonds. The third-order valence-electron chi connectivity index (χ3n) is 1.85. The molecule has 1 heterocycles. The van der Waals surface area contributed by atoms with Gasteiger partial charge in [0.1, 0.15) is 0 Å². The first-order valence-corrected chi connectivity index (χ1v) is 5.00. The van der Waals surface area contributed by atoms with Crippen LogP contribution in [-0.2, 0) is 4.79 Å². The van der Waals surface area contributed by atoms with Crippen molar-refractivity contribution < 1.29 is 9.90 Å². The summed E-state index contributed by atoms with van der Waals surface area (Å²) in [7, 11) is 0. The molecule has 1 fully saturated rings. The smallest absolute Gasteiger partial charge is 0.307 e. The molecule has 0 aliphatic carbocycles. The van der Waals surface area contributed by atoms with Gasteiger partial charge < -0.3 is 5.11 Å². The summed E-state index contributed by atoms with van der Waals surface area (Å²) >= 11 is 1.77. The molecule has 1 aliphatic heterocycles. The number of carboxylic acid groups (broad SMARTS) is 1. The number of carboxylic acids is 1. The highest BCUT2D eigenvalue weighted by atomic mass is 32.2. The minimum Gasteiger partial charge on any atom is -0.481 e. The Kier molecular flexibility index (Phi) is 2.82. The van der Waals surface area contributed by atoms with Gasteiger partial charge in [0.15, 0.2) is 0 Å². The van der Waals surface area contributed by atoms with Crippen LogP contribution >= 0.6 is 11.8 Å². The second kappa shape index (κ2) is 3.48. The molecule has 0 aromatic heterocycles. The van der Waals surface area contributed by atoms with Gasteiger partial charge in [0.2, 0.25) is 0 Å². The molecule has 1 aliphatic rings. The van der Waals surface area contributed by atoms with E-state index in [4.69, 9.17) is 5.11 Å². The lowest BCUT2D eigenvalue weighted by Gasteiger charge is -2.11. The molecule has 0 spiro atoms. The Morgan fingerprint density at radius 1 is 1.73 bits per heavy atom. The van der Waals surface area contributed by atoms with Gasteiger partial charge in [-0.15, -0.1) is 0 Å². The van der Waals surface area contributed by atoms with E-state index in [0.29, 0.717) is 11.2 Å². The van der Waals surface area contributed by atoms with Crippen molar-refractivity contribution >= 4 is 17.7 Å². The van der Waals surface area contributed by atoms with Gasteiger partial charge >= 0.3 is 5.97 Å². The zero-order chi connectivity index (χ0) is 8.43. The maximum absolute atomic E-state index is 10.7. The number of hydrogen-bond donors (Lipinski definition) is 1. The molecule has 64 valence electrons. The highest BCUT2D eigenvalue weighted by Crippen LogP contribution is 2.39. The van der Waals surface area contributed by atoms with E-state index in [0.717, 1.165) is 12.2 Å². The highest BCUT2D eigenvalue weighted by molar-refractivity contribution is 8.06. The summed E-state index contributed by atoms with van der Waals surface area (Å²) in [6, 6.07) is 0. The summed E-state index contributed by atoms with van der Waals surface area (Å²) < 4.78 is 0. The van der Waals surface area contributed by atoms with Crippen molar-refractivity contribution in [1.29, 1.82) is 0 Å². The lowest BCUT2D eigenvalue weighted by Crippen LogP contribution is -2.20. The molecule has 0 bridgehead atoms. The number of aliphatic carboxylic acids is 1. The van der Waals surface area contributed by atoms with E-state index >= 15 is 0 Å². The molecule has 1 rings (SSSR count). The van der Waals surface area contributed by atoms with E-state index in [1.807, 2.05) is 0 Å². The van der Waals surface area contributed by atoms with Crippen LogP contribution in [0.5, 0.6) is 0 Å². The van der Waals surface area contributed by atoms with Gasteiger partial charge in [-0.1, -0.05) is 13.8 Å². The van der Waals surface area contributed by atoms with Crippen LogP contribution in [-0.4, -0.2) is 22.1 Å². The van der Waals surface area contributed by atoms with E-state index in [9.17, 15) is 4.79 Å². The Hall–Kier alpha value is -0.180. The van der Waals surface area contributed by atoms with Crippen LogP contribution in [0.2, 0.25) is 0 Å². The quantitative estimate of drug-likeness (QED) is 0.661. The lowest BCUT2D eigenvalue weighted by atomic mass is 9.95. The summed E-state index contributed by atoms with van der Waals surface area (Å²) in [5, 5.41) is 9.23. The van der Waals surface area contributed by atoms with Crippen LogP contribution in [0, 0.1) is 11.8 Å². The third kappa shape index (κ3) is 2.73. The zero-order valence-electron chi connectivity index (χ0n) is 6.91. The largest absolute Gasteiger partial charge is 0.481 e. The van der Waals surface area contributed by atoms with Crippen molar-refractivity contribution in [1.82, 2.24) is 0 Å². The fraction of sp³-hybridized carbons (Fsp3) is 0.875. The Labute approximate surface area is 71.4 Å². The third-order valence-corrected chi connectivity index (χ3v) is 2.90. The fourth-order valence-corrected chi connectivity index (χ4v) is 2.01. The first-order chi connectivity index (χ1) is 5.11. The van der Waals surface area contributed by atoms with Crippen molar-refractivity contribution in [2.45, 2.75) is 25.5 Å². The summed E-state index contributed by atoms with van der Waals surface area (Å²) in [5.41, 5.74) is 0. The second-order valence-electron chi connectivity index (χ2n) is 3.45. The maximum Gasteiger partial charge on any atom is 0.307 e. The molecule has 0 unspecified atom stereocenters.